The van der Waals surface area contributed by atoms with Gasteiger partial charge in [-0.05, 0) is 19.9 Å². The third-order valence-electron chi connectivity index (χ3n) is 2.31. The number of halogens is 2. The highest BCUT2D eigenvalue weighted by molar-refractivity contribution is 7.89. The third kappa shape index (κ3) is 2.21. The normalized spacial score (nSPS) is 24.7. The van der Waals surface area contributed by atoms with E-state index in [0.29, 0.717) is 19.4 Å². The van der Waals surface area contributed by atoms with Gasteiger partial charge < -0.3 is 5.32 Å². The fourth-order valence-electron chi connectivity index (χ4n) is 1.69. The van der Waals surface area contributed by atoms with Gasteiger partial charge in [-0.1, -0.05) is 0 Å². The summed E-state index contributed by atoms with van der Waals surface area (Å²) in [6.07, 6.45) is 1.30. The van der Waals surface area contributed by atoms with Crippen molar-refractivity contribution >= 4 is 10.0 Å². The zero-order valence-corrected chi connectivity index (χ0v) is 8.73. The highest BCUT2D eigenvalue weighted by Crippen LogP contribution is 2.24. The van der Waals surface area contributed by atoms with Gasteiger partial charge in [0.1, 0.15) is 0 Å². The number of nitrogens with zero attached hydrogens (tertiary/aromatic N) is 1. The van der Waals surface area contributed by atoms with Crippen molar-refractivity contribution in [2.24, 2.45) is 0 Å². The zero-order valence-electron chi connectivity index (χ0n) is 7.91. The van der Waals surface area contributed by atoms with Gasteiger partial charge in [0.2, 0.25) is 0 Å². The second-order valence-corrected chi connectivity index (χ2v) is 5.13. The minimum Gasteiger partial charge on any atom is -0.318 e. The molecule has 0 aliphatic carbocycles. The number of sulfonamides is 1. The molecule has 0 radical (unpaired) electrons. The number of likely N-dealkylation sites (N-methyl/N-ethyl adjacent to an activating group) is 1. The van der Waals surface area contributed by atoms with Crippen molar-refractivity contribution in [1.29, 1.82) is 0 Å². The standard InChI is InChI=1S/C7H14F2N2O2S/c1-10-5-6-3-2-4-11(6)14(12,13)7(8)9/h6-7,10H,2-5H2,1H3. The molecule has 0 aromatic rings. The van der Waals surface area contributed by atoms with Crippen LogP contribution in [0.3, 0.4) is 0 Å². The Kier molecular flexibility index (Phi) is 3.79. The molecule has 0 aromatic heterocycles. The van der Waals surface area contributed by atoms with E-state index in [1.165, 1.54) is 0 Å². The van der Waals surface area contributed by atoms with Gasteiger partial charge in [-0.15, -0.1) is 0 Å². The SMILES string of the molecule is CNCC1CCCN1S(=O)(=O)C(F)F. The molecule has 4 nitrogen and oxygen atoms in total. The van der Waals surface area contributed by atoms with Crippen LogP contribution in [0.4, 0.5) is 8.78 Å². The van der Waals surface area contributed by atoms with Crippen LogP contribution in [-0.4, -0.2) is 44.7 Å². The van der Waals surface area contributed by atoms with Gasteiger partial charge in [-0.3, -0.25) is 0 Å². The molecule has 1 rings (SSSR count). The van der Waals surface area contributed by atoms with Crippen LogP contribution < -0.4 is 5.32 Å². The second-order valence-electron chi connectivity index (χ2n) is 3.27. The summed E-state index contributed by atoms with van der Waals surface area (Å²) < 4.78 is 47.7. The molecule has 7 heteroatoms. The number of hydrogen-bond acceptors (Lipinski definition) is 3. The van der Waals surface area contributed by atoms with Gasteiger partial charge >= 0.3 is 5.76 Å². The lowest BCUT2D eigenvalue weighted by molar-refractivity contribution is 0.216. The summed E-state index contributed by atoms with van der Waals surface area (Å²) in [5, 5.41) is 2.80. The molecule has 0 spiro atoms. The molecular weight excluding hydrogens is 214 g/mol. The Morgan fingerprint density at radius 3 is 2.71 bits per heavy atom. The molecule has 1 N–H and O–H groups in total. The molecule has 1 heterocycles. The van der Waals surface area contributed by atoms with Crippen molar-refractivity contribution in [1.82, 2.24) is 9.62 Å². The van der Waals surface area contributed by atoms with Crippen LogP contribution in [0.25, 0.3) is 0 Å². The van der Waals surface area contributed by atoms with Crippen LogP contribution in [0, 0.1) is 0 Å². The Balaban J connectivity index is 2.76. The maximum absolute atomic E-state index is 12.2. The first-order valence-corrected chi connectivity index (χ1v) is 5.94. The summed E-state index contributed by atoms with van der Waals surface area (Å²) in [4.78, 5) is 0. The van der Waals surface area contributed by atoms with E-state index in [0.717, 1.165) is 4.31 Å². The van der Waals surface area contributed by atoms with Gasteiger partial charge in [-0.2, -0.15) is 13.1 Å². The average molecular weight is 228 g/mol. The molecule has 84 valence electrons. The molecule has 1 unspecified atom stereocenters. The summed E-state index contributed by atoms with van der Waals surface area (Å²) in [6.45, 7) is 0.630. The number of rotatable bonds is 4. The first kappa shape index (κ1) is 11.8. The maximum Gasteiger partial charge on any atom is 0.350 e. The largest absolute Gasteiger partial charge is 0.350 e. The molecule has 1 fully saturated rings. The monoisotopic (exact) mass is 228 g/mol. The molecule has 1 aliphatic rings. The Bertz CT molecular complexity index is 281. The summed E-state index contributed by atoms with van der Waals surface area (Å²) >= 11 is 0. The number of alkyl halides is 2. The lowest BCUT2D eigenvalue weighted by Crippen LogP contribution is -2.43. The Morgan fingerprint density at radius 1 is 1.57 bits per heavy atom. The summed E-state index contributed by atoms with van der Waals surface area (Å²) in [5.74, 6) is -3.31. The van der Waals surface area contributed by atoms with Crippen molar-refractivity contribution in [3.63, 3.8) is 0 Å². The fourth-order valence-corrected chi connectivity index (χ4v) is 2.87. The van der Waals surface area contributed by atoms with Crippen molar-refractivity contribution in [3.8, 4) is 0 Å². The van der Waals surface area contributed by atoms with E-state index in [4.69, 9.17) is 0 Å². The minimum atomic E-state index is -4.39. The van der Waals surface area contributed by atoms with E-state index in [2.05, 4.69) is 5.32 Å². The molecule has 0 aromatic carbocycles. The van der Waals surface area contributed by atoms with Crippen LogP contribution in [-0.2, 0) is 10.0 Å². The molecule has 0 amide bonds. The predicted molar refractivity (Wildman–Crippen MR) is 48.6 cm³/mol. The van der Waals surface area contributed by atoms with Crippen molar-refractivity contribution < 1.29 is 17.2 Å². The first-order valence-electron chi connectivity index (χ1n) is 4.43. The molecule has 0 saturated carbocycles. The van der Waals surface area contributed by atoms with Crippen LogP contribution in [0.1, 0.15) is 12.8 Å². The second kappa shape index (κ2) is 4.50. The van der Waals surface area contributed by atoms with Gasteiger partial charge in [0.15, 0.2) is 0 Å². The molecule has 14 heavy (non-hydrogen) atoms. The number of nitrogens with one attached hydrogen (secondary N) is 1. The molecule has 0 bridgehead atoms. The average Bonchev–Trinajstić information content (AvgIpc) is 2.53. The quantitative estimate of drug-likeness (QED) is 0.749. The van der Waals surface area contributed by atoms with Crippen LogP contribution in [0.5, 0.6) is 0 Å². The Morgan fingerprint density at radius 2 is 2.21 bits per heavy atom. The van der Waals surface area contributed by atoms with Gasteiger partial charge in [0.25, 0.3) is 10.0 Å². The minimum absolute atomic E-state index is 0.207. The van der Waals surface area contributed by atoms with Crippen molar-refractivity contribution in [2.75, 3.05) is 20.1 Å². The lowest BCUT2D eigenvalue weighted by atomic mass is 10.2. The highest BCUT2D eigenvalue weighted by atomic mass is 32.2. The smallest absolute Gasteiger partial charge is 0.318 e. The molecule has 1 aliphatic heterocycles. The Labute approximate surface area is 82.3 Å². The summed E-state index contributed by atoms with van der Waals surface area (Å²) in [7, 11) is -2.72. The predicted octanol–water partition coefficient (Wildman–Crippen LogP) is 0.223. The highest BCUT2D eigenvalue weighted by Gasteiger charge is 2.39. The van der Waals surface area contributed by atoms with Crippen LogP contribution >= 0.6 is 0 Å². The van der Waals surface area contributed by atoms with Gasteiger partial charge in [0.05, 0.1) is 0 Å². The van der Waals surface area contributed by atoms with Crippen molar-refractivity contribution in [3.05, 3.63) is 0 Å². The van der Waals surface area contributed by atoms with E-state index in [1.807, 2.05) is 0 Å². The van der Waals surface area contributed by atoms with Crippen LogP contribution in [0.2, 0.25) is 0 Å². The Hall–Kier alpha value is -0.270. The van der Waals surface area contributed by atoms with Crippen molar-refractivity contribution in [2.45, 2.75) is 24.6 Å². The maximum atomic E-state index is 12.2. The van der Waals surface area contributed by atoms with E-state index in [9.17, 15) is 17.2 Å². The fraction of sp³-hybridized carbons (Fsp3) is 1.00. The van der Waals surface area contributed by atoms with E-state index >= 15 is 0 Å². The third-order valence-corrected chi connectivity index (χ3v) is 3.90. The topological polar surface area (TPSA) is 49.4 Å². The zero-order chi connectivity index (χ0) is 10.8. The van der Waals surface area contributed by atoms with Gasteiger partial charge in [0, 0.05) is 19.1 Å². The number of hydrogen-bond donors (Lipinski definition) is 1. The molecule has 1 saturated heterocycles. The van der Waals surface area contributed by atoms with Crippen LogP contribution in [0.15, 0.2) is 0 Å². The first-order chi connectivity index (χ1) is 6.50. The summed E-state index contributed by atoms with van der Waals surface area (Å²) in [5.41, 5.74) is 0. The summed E-state index contributed by atoms with van der Waals surface area (Å²) in [6, 6.07) is -0.320. The molecular formula is C7H14F2N2O2S. The molecule has 1 atom stereocenters. The van der Waals surface area contributed by atoms with Gasteiger partial charge in [-0.25, -0.2) is 8.42 Å². The lowest BCUT2D eigenvalue weighted by Gasteiger charge is -2.22. The van der Waals surface area contributed by atoms with E-state index in [-0.39, 0.29) is 12.6 Å². The van der Waals surface area contributed by atoms with E-state index < -0.39 is 15.8 Å². The van der Waals surface area contributed by atoms with E-state index in [1.54, 1.807) is 7.05 Å².